The number of aromatic nitrogens is 1. The molecule has 2 N–H and O–H groups in total. The largest absolute Gasteiger partial charge is 0.543 e. The maximum atomic E-state index is 12.0. The van der Waals surface area contributed by atoms with Gasteiger partial charge in [0.25, 0.3) is 0 Å². The lowest BCUT2D eigenvalue weighted by Gasteiger charge is -2.49. The summed E-state index contributed by atoms with van der Waals surface area (Å²) >= 11 is 1.49. The van der Waals surface area contributed by atoms with Gasteiger partial charge in [-0.2, -0.15) is 0 Å². The zero-order valence-corrected chi connectivity index (χ0v) is 14.7. The van der Waals surface area contributed by atoms with Crippen LogP contribution >= 0.6 is 11.8 Å². The molecule has 2 aliphatic rings. The van der Waals surface area contributed by atoms with Gasteiger partial charge in [-0.1, -0.05) is 30.3 Å². The van der Waals surface area contributed by atoms with Crippen LogP contribution in [0.25, 0.3) is 11.1 Å². The number of hydrogen-bond acceptors (Lipinski definition) is 5. The Labute approximate surface area is 154 Å². The molecule has 2 aromatic rings. The average Bonchev–Trinajstić information content (AvgIpc) is 2.68. The van der Waals surface area contributed by atoms with Gasteiger partial charge < -0.3 is 15.6 Å². The summed E-state index contributed by atoms with van der Waals surface area (Å²) in [6.07, 6.45) is 3.81. The lowest BCUT2D eigenvalue weighted by molar-refractivity contribution is -0.689. The Morgan fingerprint density at radius 3 is 2.50 bits per heavy atom. The number of fused-ring (bicyclic) bond motifs is 1. The normalized spacial score (nSPS) is 22.0. The van der Waals surface area contributed by atoms with Crippen molar-refractivity contribution in [1.82, 2.24) is 4.90 Å². The molecule has 2 aliphatic heterocycles. The zero-order valence-electron chi connectivity index (χ0n) is 13.9. The highest BCUT2D eigenvalue weighted by molar-refractivity contribution is 8.00. The Kier molecular flexibility index (Phi) is 4.26. The number of benzene rings is 1. The SMILES string of the molecule is NC1C(=O)N2C(C(=O)[O-])=C(C[n+]3ccc(-c4ccccc4)cc3)CSC12. The highest BCUT2D eigenvalue weighted by Crippen LogP contribution is 2.39. The molecule has 1 amide bonds. The molecule has 1 aromatic heterocycles. The highest BCUT2D eigenvalue weighted by atomic mass is 32.2. The van der Waals surface area contributed by atoms with Gasteiger partial charge in [0, 0.05) is 23.5 Å². The van der Waals surface area contributed by atoms with E-state index in [1.165, 1.54) is 16.7 Å². The molecule has 0 bridgehead atoms. The number of rotatable bonds is 4. The summed E-state index contributed by atoms with van der Waals surface area (Å²) in [6.45, 7) is 0.386. The van der Waals surface area contributed by atoms with E-state index in [9.17, 15) is 14.7 Å². The number of thioether (sulfide) groups is 1. The van der Waals surface area contributed by atoms with Crippen LogP contribution in [0.2, 0.25) is 0 Å². The maximum absolute atomic E-state index is 12.0. The molecule has 0 spiro atoms. The van der Waals surface area contributed by atoms with Crippen molar-refractivity contribution in [2.75, 3.05) is 5.75 Å². The summed E-state index contributed by atoms with van der Waals surface area (Å²) in [5, 5.41) is 11.3. The van der Waals surface area contributed by atoms with Crippen LogP contribution in [0.1, 0.15) is 0 Å². The van der Waals surface area contributed by atoms with Gasteiger partial charge in [0.15, 0.2) is 18.9 Å². The number of nitrogens with two attached hydrogens (primary N) is 1. The van der Waals surface area contributed by atoms with Gasteiger partial charge >= 0.3 is 0 Å². The lowest BCUT2D eigenvalue weighted by Crippen LogP contribution is -2.69. The molecule has 6 nitrogen and oxygen atoms in total. The van der Waals surface area contributed by atoms with E-state index >= 15 is 0 Å². The number of hydrogen-bond donors (Lipinski definition) is 1. The molecule has 26 heavy (non-hydrogen) atoms. The van der Waals surface area contributed by atoms with Gasteiger partial charge in [-0.25, -0.2) is 4.57 Å². The van der Waals surface area contributed by atoms with Crippen molar-refractivity contribution in [3.05, 3.63) is 66.1 Å². The van der Waals surface area contributed by atoms with Crippen LogP contribution in [0.4, 0.5) is 0 Å². The molecular formula is C19H17N3O3S. The van der Waals surface area contributed by atoms with Gasteiger partial charge in [0.05, 0.1) is 11.7 Å². The molecular weight excluding hydrogens is 350 g/mol. The van der Waals surface area contributed by atoms with Crippen LogP contribution in [0, 0.1) is 0 Å². The molecule has 2 unspecified atom stereocenters. The van der Waals surface area contributed by atoms with Gasteiger partial charge in [0.1, 0.15) is 11.4 Å². The molecule has 1 aromatic carbocycles. The van der Waals surface area contributed by atoms with E-state index in [2.05, 4.69) is 0 Å². The van der Waals surface area contributed by atoms with Crippen molar-refractivity contribution >= 4 is 23.6 Å². The first-order valence-electron chi connectivity index (χ1n) is 8.24. The molecule has 3 heterocycles. The predicted octanol–water partition coefficient (Wildman–Crippen LogP) is -0.112. The minimum atomic E-state index is -1.33. The third-order valence-electron chi connectivity index (χ3n) is 4.65. The molecule has 0 saturated carbocycles. The third-order valence-corrected chi connectivity index (χ3v) is 6.01. The van der Waals surface area contributed by atoms with Crippen LogP contribution < -0.4 is 15.4 Å². The van der Waals surface area contributed by atoms with Crippen LogP contribution in [0.5, 0.6) is 0 Å². The van der Waals surface area contributed by atoms with Gasteiger partial charge in [0.2, 0.25) is 5.91 Å². The minimum absolute atomic E-state index is 0.0277. The Balaban J connectivity index is 1.59. The molecule has 7 heteroatoms. The fraction of sp³-hybridized carbons (Fsp3) is 0.211. The zero-order chi connectivity index (χ0) is 18.3. The van der Waals surface area contributed by atoms with E-state index in [1.807, 2.05) is 59.4 Å². The van der Waals surface area contributed by atoms with Crippen molar-refractivity contribution in [3.8, 4) is 11.1 Å². The topological polar surface area (TPSA) is 90.3 Å². The third kappa shape index (κ3) is 2.79. The lowest BCUT2D eigenvalue weighted by atomic mass is 10.0. The fourth-order valence-electron chi connectivity index (χ4n) is 3.30. The van der Waals surface area contributed by atoms with Gasteiger partial charge in [-0.15, -0.1) is 11.8 Å². The first-order chi connectivity index (χ1) is 12.6. The van der Waals surface area contributed by atoms with E-state index in [-0.39, 0.29) is 17.0 Å². The molecule has 2 atom stereocenters. The number of carboxylic acids is 1. The Hall–Kier alpha value is -2.64. The fourth-order valence-corrected chi connectivity index (χ4v) is 4.58. The van der Waals surface area contributed by atoms with E-state index in [1.54, 1.807) is 0 Å². The number of carbonyl (C=O) groups excluding carboxylic acids is 2. The van der Waals surface area contributed by atoms with Gasteiger partial charge in [-0.3, -0.25) is 9.69 Å². The first kappa shape index (κ1) is 16.8. The highest BCUT2D eigenvalue weighted by Gasteiger charge is 2.50. The smallest absolute Gasteiger partial charge is 0.248 e. The summed E-state index contributed by atoms with van der Waals surface area (Å²) in [5.41, 5.74) is 8.58. The second-order valence-electron chi connectivity index (χ2n) is 6.30. The van der Waals surface area contributed by atoms with E-state index in [4.69, 9.17) is 5.73 Å². The molecule has 1 saturated heterocycles. The predicted molar refractivity (Wildman–Crippen MR) is 95.2 cm³/mol. The number of aliphatic carboxylic acids is 1. The van der Waals surface area contributed by atoms with Crippen LogP contribution in [-0.2, 0) is 16.1 Å². The first-order valence-corrected chi connectivity index (χ1v) is 9.29. The Bertz CT molecular complexity index is 896. The van der Waals surface area contributed by atoms with Crippen LogP contribution in [0.3, 0.4) is 0 Å². The van der Waals surface area contributed by atoms with E-state index < -0.39 is 12.0 Å². The summed E-state index contributed by atoms with van der Waals surface area (Å²) in [6, 6.07) is 13.3. The summed E-state index contributed by atoms with van der Waals surface area (Å²) in [7, 11) is 0. The summed E-state index contributed by atoms with van der Waals surface area (Å²) in [4.78, 5) is 24.8. The number of amides is 1. The van der Waals surface area contributed by atoms with Crippen LogP contribution in [-0.4, -0.2) is 33.9 Å². The summed E-state index contributed by atoms with van der Waals surface area (Å²) < 4.78 is 1.90. The van der Waals surface area contributed by atoms with Crippen molar-refractivity contribution in [2.45, 2.75) is 18.0 Å². The number of carboxylic acid groups (broad SMARTS) is 1. The monoisotopic (exact) mass is 367 g/mol. The second-order valence-corrected chi connectivity index (χ2v) is 7.41. The molecule has 132 valence electrons. The minimum Gasteiger partial charge on any atom is -0.543 e. The average molecular weight is 367 g/mol. The number of nitrogens with zero attached hydrogens (tertiary/aromatic N) is 2. The maximum Gasteiger partial charge on any atom is 0.248 e. The number of carbonyl (C=O) groups is 2. The number of β-lactam (4-membered cyclic amide) rings is 1. The molecule has 1 fully saturated rings. The molecule has 4 rings (SSSR count). The van der Waals surface area contributed by atoms with Crippen molar-refractivity contribution in [1.29, 1.82) is 0 Å². The second kappa shape index (κ2) is 6.59. The van der Waals surface area contributed by atoms with Crippen molar-refractivity contribution in [2.24, 2.45) is 5.73 Å². The Morgan fingerprint density at radius 2 is 1.85 bits per heavy atom. The van der Waals surface area contributed by atoms with E-state index in [0.29, 0.717) is 17.9 Å². The number of pyridine rings is 1. The quantitative estimate of drug-likeness (QED) is 0.601. The van der Waals surface area contributed by atoms with Crippen molar-refractivity contribution in [3.63, 3.8) is 0 Å². The molecule has 0 radical (unpaired) electrons. The Morgan fingerprint density at radius 1 is 1.19 bits per heavy atom. The standard InChI is InChI=1S/C19H17N3O3S/c20-15-17(23)22-16(19(24)25)14(11-26-18(15)22)10-21-8-6-13(7-9-21)12-4-2-1-3-5-12/h1-9,15,18H,10-11,20H2. The summed E-state index contributed by atoms with van der Waals surface area (Å²) in [5.74, 6) is -1.17. The van der Waals surface area contributed by atoms with Crippen LogP contribution in [0.15, 0.2) is 66.1 Å². The molecule has 0 aliphatic carbocycles. The van der Waals surface area contributed by atoms with Crippen molar-refractivity contribution < 1.29 is 19.3 Å². The van der Waals surface area contributed by atoms with E-state index in [0.717, 1.165) is 11.1 Å². The van der Waals surface area contributed by atoms with Gasteiger partial charge in [-0.05, 0) is 11.1 Å².